The zero-order chi connectivity index (χ0) is 18.6. The van der Waals surface area contributed by atoms with Crippen LogP contribution in [0.3, 0.4) is 0 Å². The fourth-order valence-electron chi connectivity index (χ4n) is 2.03. The maximum Gasteiger partial charge on any atom is 0.407 e. The fourth-order valence-corrected chi connectivity index (χ4v) is 2.03. The van der Waals surface area contributed by atoms with Crippen molar-refractivity contribution in [1.29, 1.82) is 0 Å². The van der Waals surface area contributed by atoms with Crippen LogP contribution in [0.15, 0.2) is 60.7 Å². The molecule has 0 aliphatic rings. The summed E-state index contributed by atoms with van der Waals surface area (Å²) in [5, 5.41) is 7.45. The molecule has 3 N–H and O–H groups in total. The molecule has 136 valence electrons. The third-order valence-corrected chi connectivity index (χ3v) is 3.38. The second-order valence-corrected chi connectivity index (χ2v) is 5.45. The molecule has 7 heteroatoms. The predicted molar refractivity (Wildman–Crippen MR) is 95.9 cm³/mol. The van der Waals surface area contributed by atoms with Crippen LogP contribution in [0, 0.1) is 0 Å². The number of amides is 3. The molecule has 2 rings (SSSR count). The molecule has 0 fully saturated rings. The first kappa shape index (κ1) is 19.0. The van der Waals surface area contributed by atoms with Crippen molar-refractivity contribution < 1.29 is 19.1 Å². The Balaban J connectivity index is 1.56. The van der Waals surface area contributed by atoms with Gasteiger partial charge in [0.05, 0.1) is 6.54 Å². The summed E-state index contributed by atoms with van der Waals surface area (Å²) < 4.78 is 4.98. The molecule has 0 aromatic heterocycles. The molecule has 0 saturated carbocycles. The summed E-state index contributed by atoms with van der Waals surface area (Å²) >= 11 is 0. The van der Waals surface area contributed by atoms with Crippen molar-refractivity contribution in [2.45, 2.75) is 13.2 Å². The zero-order valence-electron chi connectivity index (χ0n) is 14.2. The number of carbonyl (C=O) groups is 3. The first-order valence-electron chi connectivity index (χ1n) is 8.15. The van der Waals surface area contributed by atoms with Crippen LogP contribution >= 0.6 is 0 Å². The maximum atomic E-state index is 11.7. The smallest absolute Gasteiger partial charge is 0.407 e. The van der Waals surface area contributed by atoms with E-state index in [1.807, 2.05) is 60.7 Å². The monoisotopic (exact) mass is 355 g/mol. The molecule has 7 nitrogen and oxygen atoms in total. The minimum atomic E-state index is -0.697. The molecular formula is C19H21N3O4. The van der Waals surface area contributed by atoms with E-state index in [-0.39, 0.29) is 25.6 Å². The van der Waals surface area contributed by atoms with E-state index in [2.05, 4.69) is 16.0 Å². The van der Waals surface area contributed by atoms with Crippen molar-refractivity contribution in [3.63, 3.8) is 0 Å². The average molecular weight is 355 g/mol. The molecule has 0 aliphatic carbocycles. The van der Waals surface area contributed by atoms with Crippen LogP contribution in [0.1, 0.15) is 11.1 Å². The number of hydrogen-bond acceptors (Lipinski definition) is 4. The average Bonchev–Trinajstić information content (AvgIpc) is 2.69. The number of hydrogen-bond donors (Lipinski definition) is 3. The van der Waals surface area contributed by atoms with E-state index in [1.165, 1.54) is 0 Å². The lowest BCUT2D eigenvalue weighted by Gasteiger charge is -2.08. The van der Waals surface area contributed by atoms with Crippen molar-refractivity contribution >= 4 is 17.9 Å². The fraction of sp³-hybridized carbons (Fsp3) is 0.211. The third-order valence-electron chi connectivity index (χ3n) is 3.38. The Bertz CT molecular complexity index is 659. The van der Waals surface area contributed by atoms with Crippen LogP contribution in [0.2, 0.25) is 0 Å². The molecule has 0 bridgehead atoms. The van der Waals surface area contributed by atoms with E-state index in [9.17, 15) is 14.4 Å². The third kappa shape index (κ3) is 7.48. The van der Waals surface area contributed by atoms with Crippen LogP contribution in [0.25, 0.3) is 0 Å². The van der Waals surface area contributed by atoms with Gasteiger partial charge in [-0.05, 0) is 11.1 Å². The zero-order valence-corrected chi connectivity index (χ0v) is 14.2. The summed E-state index contributed by atoms with van der Waals surface area (Å²) in [7, 11) is 0. The molecule has 2 aromatic rings. The highest BCUT2D eigenvalue weighted by atomic mass is 16.5. The van der Waals surface area contributed by atoms with Gasteiger partial charge in [0, 0.05) is 6.54 Å². The SMILES string of the molecule is O=C(CNC(=O)CNC(=O)OCc1ccccc1)NCc1ccccc1. The summed E-state index contributed by atoms with van der Waals surface area (Å²) in [5.74, 6) is -0.787. The Morgan fingerprint density at radius 1 is 0.692 bits per heavy atom. The molecular weight excluding hydrogens is 334 g/mol. The highest BCUT2D eigenvalue weighted by Crippen LogP contribution is 2.00. The molecule has 0 spiro atoms. The normalized spacial score (nSPS) is 9.85. The van der Waals surface area contributed by atoms with Gasteiger partial charge in [0.15, 0.2) is 0 Å². The minimum Gasteiger partial charge on any atom is -0.445 e. The topological polar surface area (TPSA) is 96.5 Å². The molecule has 26 heavy (non-hydrogen) atoms. The number of carbonyl (C=O) groups excluding carboxylic acids is 3. The number of ether oxygens (including phenoxy) is 1. The summed E-state index contributed by atoms with van der Waals surface area (Å²) in [6.07, 6.45) is -0.697. The maximum absolute atomic E-state index is 11.7. The lowest BCUT2D eigenvalue weighted by Crippen LogP contribution is -2.41. The van der Waals surface area contributed by atoms with Crippen molar-refractivity contribution in [3.05, 3.63) is 71.8 Å². The predicted octanol–water partition coefficient (Wildman–Crippen LogP) is 1.35. The quantitative estimate of drug-likeness (QED) is 0.666. The first-order chi connectivity index (χ1) is 12.6. The minimum absolute atomic E-state index is 0.121. The Hall–Kier alpha value is -3.35. The Labute approximate surface area is 151 Å². The van der Waals surface area contributed by atoms with Gasteiger partial charge < -0.3 is 20.7 Å². The van der Waals surface area contributed by atoms with E-state index in [4.69, 9.17) is 4.74 Å². The van der Waals surface area contributed by atoms with E-state index in [1.54, 1.807) is 0 Å². The summed E-state index contributed by atoms with van der Waals surface area (Å²) in [6.45, 7) is 0.0851. The molecule has 0 atom stereocenters. The largest absolute Gasteiger partial charge is 0.445 e. The highest BCUT2D eigenvalue weighted by molar-refractivity contribution is 5.87. The molecule has 0 saturated heterocycles. The lowest BCUT2D eigenvalue weighted by atomic mass is 10.2. The molecule has 2 aromatic carbocycles. The van der Waals surface area contributed by atoms with Gasteiger partial charge in [0.2, 0.25) is 11.8 Å². The van der Waals surface area contributed by atoms with E-state index in [0.717, 1.165) is 11.1 Å². The van der Waals surface area contributed by atoms with Gasteiger partial charge in [-0.1, -0.05) is 60.7 Å². The van der Waals surface area contributed by atoms with E-state index >= 15 is 0 Å². The Morgan fingerprint density at radius 2 is 1.23 bits per heavy atom. The molecule has 0 radical (unpaired) electrons. The van der Waals surface area contributed by atoms with Crippen molar-refractivity contribution in [2.24, 2.45) is 0 Å². The highest BCUT2D eigenvalue weighted by Gasteiger charge is 2.08. The van der Waals surface area contributed by atoms with Crippen LogP contribution in [0.5, 0.6) is 0 Å². The number of alkyl carbamates (subject to hydrolysis) is 1. The van der Waals surface area contributed by atoms with Crippen molar-refractivity contribution in [2.75, 3.05) is 13.1 Å². The second kappa shape index (κ2) is 10.5. The van der Waals surface area contributed by atoms with E-state index < -0.39 is 12.0 Å². The van der Waals surface area contributed by atoms with Crippen molar-refractivity contribution in [1.82, 2.24) is 16.0 Å². The van der Waals surface area contributed by atoms with Gasteiger partial charge in [0.1, 0.15) is 13.2 Å². The molecule has 0 heterocycles. The van der Waals surface area contributed by atoms with Gasteiger partial charge in [-0.25, -0.2) is 4.79 Å². The van der Waals surface area contributed by atoms with Gasteiger partial charge in [-0.2, -0.15) is 0 Å². The van der Waals surface area contributed by atoms with Crippen LogP contribution in [-0.4, -0.2) is 31.0 Å². The van der Waals surface area contributed by atoms with Crippen LogP contribution < -0.4 is 16.0 Å². The Kier molecular flexibility index (Phi) is 7.67. The summed E-state index contributed by atoms with van der Waals surface area (Å²) in [6, 6.07) is 18.6. The number of rotatable bonds is 8. The molecule has 0 unspecified atom stereocenters. The summed E-state index contributed by atoms with van der Waals surface area (Å²) in [4.78, 5) is 34.8. The summed E-state index contributed by atoms with van der Waals surface area (Å²) in [5.41, 5.74) is 1.82. The Morgan fingerprint density at radius 3 is 1.88 bits per heavy atom. The van der Waals surface area contributed by atoms with Crippen LogP contribution in [0.4, 0.5) is 4.79 Å². The standard InChI is InChI=1S/C19H21N3O4/c23-17(20-11-15-7-3-1-4-8-15)12-21-18(24)13-22-19(25)26-14-16-9-5-2-6-10-16/h1-10H,11-14H2,(H,20,23)(H,21,24)(H,22,25). The molecule has 3 amide bonds. The van der Waals surface area contributed by atoms with Gasteiger partial charge in [-0.15, -0.1) is 0 Å². The van der Waals surface area contributed by atoms with Crippen molar-refractivity contribution in [3.8, 4) is 0 Å². The number of nitrogens with one attached hydrogen (secondary N) is 3. The van der Waals surface area contributed by atoms with Gasteiger partial charge in [0.25, 0.3) is 0 Å². The van der Waals surface area contributed by atoms with Gasteiger partial charge >= 0.3 is 6.09 Å². The number of benzene rings is 2. The van der Waals surface area contributed by atoms with Crippen LogP contribution in [-0.2, 0) is 27.5 Å². The first-order valence-corrected chi connectivity index (χ1v) is 8.15. The second-order valence-electron chi connectivity index (χ2n) is 5.45. The lowest BCUT2D eigenvalue weighted by molar-refractivity contribution is -0.125. The van der Waals surface area contributed by atoms with E-state index in [0.29, 0.717) is 6.54 Å². The van der Waals surface area contributed by atoms with Gasteiger partial charge in [-0.3, -0.25) is 9.59 Å². The molecule has 0 aliphatic heterocycles.